The molecule has 0 saturated heterocycles. The first-order chi connectivity index (χ1) is 10.6. The van der Waals surface area contributed by atoms with E-state index in [-0.39, 0.29) is 6.61 Å². The molecular formula is C15H18N4O3. The zero-order chi connectivity index (χ0) is 15.9. The van der Waals surface area contributed by atoms with Crippen LogP contribution < -0.4 is 10.5 Å². The number of carbonyl (C=O) groups excluding carboxylic acids is 1. The van der Waals surface area contributed by atoms with Gasteiger partial charge in [0.1, 0.15) is 5.75 Å². The fourth-order valence-electron chi connectivity index (χ4n) is 1.78. The molecule has 0 amide bonds. The topological polar surface area (TPSA) is 91.7 Å². The number of nitrogens with two attached hydrogens (primary N) is 1. The average molecular weight is 302 g/mol. The predicted molar refractivity (Wildman–Crippen MR) is 82.9 cm³/mol. The van der Waals surface area contributed by atoms with Crippen molar-refractivity contribution in [1.82, 2.24) is 9.66 Å². The fraction of sp³-hybridized carbons (Fsp3) is 0.267. The van der Waals surface area contributed by atoms with Gasteiger partial charge >= 0.3 is 5.97 Å². The van der Waals surface area contributed by atoms with Gasteiger partial charge in [-0.3, -0.25) is 0 Å². The minimum atomic E-state index is -0.413. The summed E-state index contributed by atoms with van der Waals surface area (Å²) in [7, 11) is 0. The Labute approximate surface area is 128 Å². The molecule has 22 heavy (non-hydrogen) atoms. The third kappa shape index (κ3) is 4.08. The van der Waals surface area contributed by atoms with Crippen molar-refractivity contribution >= 4 is 18.1 Å². The lowest BCUT2D eigenvalue weighted by molar-refractivity contribution is -0.145. The standard InChI is InChI=1S/C15H18N4O3/c1-3-21-14(20)10-22-13-7-5-4-6-12(13)8-17-19-9-11(2)18-15(19)16/h4-9H,3,10H2,1-2H3,(H2,16,18). The number of imidazole rings is 1. The average Bonchev–Trinajstić information content (AvgIpc) is 2.82. The predicted octanol–water partition coefficient (Wildman–Crippen LogP) is 1.60. The molecule has 1 aromatic heterocycles. The normalized spacial score (nSPS) is 10.8. The van der Waals surface area contributed by atoms with E-state index in [2.05, 4.69) is 10.1 Å². The van der Waals surface area contributed by atoms with Crippen molar-refractivity contribution in [3.05, 3.63) is 41.7 Å². The second-order valence-corrected chi connectivity index (χ2v) is 4.46. The maximum atomic E-state index is 11.3. The summed E-state index contributed by atoms with van der Waals surface area (Å²) in [4.78, 5) is 15.4. The quantitative estimate of drug-likeness (QED) is 0.646. The number of nitrogen functional groups attached to an aromatic ring is 1. The molecule has 0 unspecified atom stereocenters. The second kappa shape index (κ2) is 7.26. The van der Waals surface area contributed by atoms with Crippen molar-refractivity contribution in [2.75, 3.05) is 18.9 Å². The molecule has 0 fully saturated rings. The number of ether oxygens (including phenoxy) is 2. The molecule has 2 aromatic rings. The van der Waals surface area contributed by atoms with Crippen molar-refractivity contribution in [3.8, 4) is 5.75 Å². The highest BCUT2D eigenvalue weighted by Crippen LogP contribution is 2.16. The van der Waals surface area contributed by atoms with Crippen LogP contribution in [0.3, 0.4) is 0 Å². The van der Waals surface area contributed by atoms with Gasteiger partial charge in [-0.15, -0.1) is 0 Å². The summed E-state index contributed by atoms with van der Waals surface area (Å²) in [5.41, 5.74) is 7.22. The number of aryl methyl sites for hydroxylation is 1. The summed E-state index contributed by atoms with van der Waals surface area (Å²) in [5.74, 6) is 0.428. The van der Waals surface area contributed by atoms with Crippen LogP contribution in [-0.2, 0) is 9.53 Å². The Hall–Kier alpha value is -2.83. The van der Waals surface area contributed by atoms with Crippen LogP contribution in [0, 0.1) is 6.92 Å². The number of esters is 1. The number of nitrogens with zero attached hydrogens (tertiary/aromatic N) is 3. The molecule has 0 radical (unpaired) electrons. The van der Waals surface area contributed by atoms with E-state index in [0.29, 0.717) is 18.3 Å². The van der Waals surface area contributed by atoms with E-state index in [1.807, 2.05) is 25.1 Å². The van der Waals surface area contributed by atoms with Gasteiger partial charge < -0.3 is 15.2 Å². The van der Waals surface area contributed by atoms with Crippen LogP contribution >= 0.6 is 0 Å². The van der Waals surface area contributed by atoms with Gasteiger partial charge in [0.2, 0.25) is 5.95 Å². The first kappa shape index (κ1) is 15.6. The van der Waals surface area contributed by atoms with Crippen LogP contribution in [0.1, 0.15) is 18.2 Å². The van der Waals surface area contributed by atoms with E-state index in [1.54, 1.807) is 25.4 Å². The molecule has 116 valence electrons. The molecular weight excluding hydrogens is 284 g/mol. The molecule has 0 atom stereocenters. The third-order valence-electron chi connectivity index (χ3n) is 2.73. The van der Waals surface area contributed by atoms with Crippen LogP contribution in [0.5, 0.6) is 5.75 Å². The summed E-state index contributed by atoms with van der Waals surface area (Å²) < 4.78 is 11.7. The summed E-state index contributed by atoms with van der Waals surface area (Å²) in [5, 5.41) is 4.23. The van der Waals surface area contributed by atoms with Gasteiger partial charge in [0, 0.05) is 5.56 Å². The second-order valence-electron chi connectivity index (χ2n) is 4.46. The summed E-state index contributed by atoms with van der Waals surface area (Å²) >= 11 is 0. The van der Waals surface area contributed by atoms with Gasteiger partial charge in [0.25, 0.3) is 0 Å². The van der Waals surface area contributed by atoms with Crippen LogP contribution in [-0.4, -0.2) is 35.1 Å². The van der Waals surface area contributed by atoms with Crippen LogP contribution in [0.15, 0.2) is 35.6 Å². The Morgan fingerprint density at radius 2 is 2.23 bits per heavy atom. The van der Waals surface area contributed by atoms with E-state index in [9.17, 15) is 4.79 Å². The first-order valence-corrected chi connectivity index (χ1v) is 6.83. The van der Waals surface area contributed by atoms with E-state index in [4.69, 9.17) is 15.2 Å². The fourth-order valence-corrected chi connectivity index (χ4v) is 1.78. The molecule has 0 aliphatic carbocycles. The highest BCUT2D eigenvalue weighted by Gasteiger charge is 2.06. The maximum absolute atomic E-state index is 11.3. The molecule has 2 rings (SSSR count). The Bertz CT molecular complexity index is 679. The largest absolute Gasteiger partial charge is 0.481 e. The molecule has 1 heterocycles. The number of para-hydroxylation sites is 1. The van der Waals surface area contributed by atoms with Gasteiger partial charge in [0.15, 0.2) is 6.61 Å². The number of hydrogen-bond donors (Lipinski definition) is 1. The van der Waals surface area contributed by atoms with Crippen molar-refractivity contribution in [2.45, 2.75) is 13.8 Å². The van der Waals surface area contributed by atoms with Crippen molar-refractivity contribution in [3.63, 3.8) is 0 Å². The SMILES string of the molecule is CCOC(=O)COc1ccccc1C=Nn1cc(C)nc1N. The third-order valence-corrected chi connectivity index (χ3v) is 2.73. The minimum absolute atomic E-state index is 0.148. The van der Waals surface area contributed by atoms with E-state index < -0.39 is 5.97 Å². The molecule has 2 N–H and O–H groups in total. The van der Waals surface area contributed by atoms with E-state index >= 15 is 0 Å². The van der Waals surface area contributed by atoms with Gasteiger partial charge in [-0.05, 0) is 26.0 Å². The zero-order valence-corrected chi connectivity index (χ0v) is 12.5. The molecule has 0 spiro atoms. The number of benzene rings is 1. The molecule has 7 nitrogen and oxygen atoms in total. The highest BCUT2D eigenvalue weighted by molar-refractivity contribution is 5.83. The Morgan fingerprint density at radius 3 is 2.91 bits per heavy atom. The van der Waals surface area contributed by atoms with E-state index in [1.165, 1.54) is 4.68 Å². The maximum Gasteiger partial charge on any atom is 0.344 e. The number of aromatic nitrogens is 2. The van der Waals surface area contributed by atoms with Crippen molar-refractivity contribution in [2.24, 2.45) is 5.10 Å². The lowest BCUT2D eigenvalue weighted by Crippen LogP contribution is -2.15. The zero-order valence-electron chi connectivity index (χ0n) is 12.5. The number of anilines is 1. The molecule has 1 aromatic carbocycles. The molecule has 7 heteroatoms. The molecule has 0 aliphatic rings. The van der Waals surface area contributed by atoms with Gasteiger partial charge in [0.05, 0.1) is 24.7 Å². The number of carbonyl (C=O) groups is 1. The Kier molecular flexibility index (Phi) is 5.13. The van der Waals surface area contributed by atoms with Crippen LogP contribution in [0.4, 0.5) is 5.95 Å². The van der Waals surface area contributed by atoms with Gasteiger partial charge in [-0.1, -0.05) is 12.1 Å². The lowest BCUT2D eigenvalue weighted by atomic mass is 10.2. The minimum Gasteiger partial charge on any atom is -0.481 e. The Balaban J connectivity index is 2.11. The Morgan fingerprint density at radius 1 is 1.45 bits per heavy atom. The van der Waals surface area contributed by atoms with Crippen LogP contribution in [0.2, 0.25) is 0 Å². The molecule has 0 saturated carbocycles. The molecule has 0 aliphatic heterocycles. The van der Waals surface area contributed by atoms with Gasteiger partial charge in [-0.25, -0.2) is 14.5 Å². The number of rotatable bonds is 6. The summed E-state index contributed by atoms with van der Waals surface area (Å²) in [6.07, 6.45) is 3.31. The van der Waals surface area contributed by atoms with Gasteiger partial charge in [-0.2, -0.15) is 5.10 Å². The summed E-state index contributed by atoms with van der Waals surface area (Å²) in [6.45, 7) is 3.75. The lowest BCUT2D eigenvalue weighted by Gasteiger charge is -2.08. The van der Waals surface area contributed by atoms with Crippen molar-refractivity contribution < 1.29 is 14.3 Å². The summed E-state index contributed by atoms with van der Waals surface area (Å²) in [6, 6.07) is 7.24. The number of hydrogen-bond acceptors (Lipinski definition) is 6. The van der Waals surface area contributed by atoms with Crippen LogP contribution in [0.25, 0.3) is 0 Å². The molecule has 0 bridgehead atoms. The van der Waals surface area contributed by atoms with E-state index in [0.717, 1.165) is 11.3 Å². The first-order valence-electron chi connectivity index (χ1n) is 6.83. The monoisotopic (exact) mass is 302 g/mol. The van der Waals surface area contributed by atoms with Crippen molar-refractivity contribution in [1.29, 1.82) is 0 Å². The highest BCUT2D eigenvalue weighted by atomic mass is 16.6. The smallest absolute Gasteiger partial charge is 0.344 e.